The molecule has 0 radical (unpaired) electrons. The van der Waals surface area contributed by atoms with E-state index in [2.05, 4.69) is 50.0 Å². The van der Waals surface area contributed by atoms with E-state index in [1.54, 1.807) is 6.07 Å². The highest BCUT2D eigenvalue weighted by Gasteiger charge is 2.50. The smallest absolute Gasteiger partial charge is 0.417 e. The molecule has 0 N–H and O–H groups in total. The molecular weight excluding hydrogens is 579 g/mol. The van der Waals surface area contributed by atoms with Gasteiger partial charge in [-0.2, -0.15) is 13.2 Å². The molecule has 4 rings (SSSR count). The molecular formula is C33H35ClF3NO3Si. The number of benzene rings is 3. The van der Waals surface area contributed by atoms with Gasteiger partial charge in [-0.3, -0.25) is 0 Å². The fraction of sp³-hybridized carbons (Fsp3) is 0.303. The lowest BCUT2D eigenvalue weighted by Crippen LogP contribution is -2.66. The lowest BCUT2D eigenvalue weighted by atomic mass is 10.1. The molecule has 4 nitrogen and oxygen atoms in total. The average molecular weight is 614 g/mol. The van der Waals surface area contributed by atoms with Gasteiger partial charge >= 0.3 is 6.18 Å². The van der Waals surface area contributed by atoms with Gasteiger partial charge in [0.25, 0.3) is 8.32 Å². The summed E-state index contributed by atoms with van der Waals surface area (Å²) in [6.07, 6.45) is -2.29. The van der Waals surface area contributed by atoms with Gasteiger partial charge in [0, 0.05) is 12.3 Å². The Balaban J connectivity index is 1.54. The van der Waals surface area contributed by atoms with Gasteiger partial charge < -0.3 is 13.9 Å². The molecule has 0 spiro atoms. The summed E-state index contributed by atoms with van der Waals surface area (Å²) in [5, 5.41) is 1.98. The minimum Gasteiger partial charge on any atom is -0.491 e. The minimum atomic E-state index is -4.55. The Morgan fingerprint density at radius 3 is 1.98 bits per heavy atom. The van der Waals surface area contributed by atoms with Crippen molar-refractivity contribution in [2.24, 2.45) is 0 Å². The molecule has 4 aromatic rings. The quantitative estimate of drug-likeness (QED) is 0.126. The van der Waals surface area contributed by atoms with Crippen LogP contribution in [0, 0.1) is 0 Å². The first-order chi connectivity index (χ1) is 20.0. The Morgan fingerprint density at radius 2 is 1.45 bits per heavy atom. The minimum absolute atomic E-state index is 0.103. The SMILES string of the molecule is CCCc1ccc(OCCO[Si](c2ccccc2)(c2ccccc2)C(C)(C)C)cc1Oc1ncc(C(F)(F)F)cc1Cl. The monoisotopic (exact) mass is 613 g/mol. The maximum atomic E-state index is 13.1. The van der Waals surface area contributed by atoms with Crippen molar-refractivity contribution in [3.8, 4) is 17.4 Å². The van der Waals surface area contributed by atoms with Gasteiger partial charge in [-0.15, -0.1) is 0 Å². The first-order valence-corrected chi connectivity index (χ1v) is 16.2. The summed E-state index contributed by atoms with van der Waals surface area (Å²) in [6.45, 7) is 9.33. The van der Waals surface area contributed by atoms with E-state index in [-0.39, 0.29) is 22.5 Å². The zero-order valence-corrected chi connectivity index (χ0v) is 25.9. The van der Waals surface area contributed by atoms with Gasteiger partial charge in [0.15, 0.2) is 0 Å². The summed E-state index contributed by atoms with van der Waals surface area (Å²) in [6, 6.07) is 27.0. The predicted molar refractivity (Wildman–Crippen MR) is 164 cm³/mol. The number of aryl methyl sites for hydroxylation is 1. The molecule has 0 aliphatic heterocycles. The number of ether oxygens (including phenoxy) is 2. The summed E-state index contributed by atoms with van der Waals surface area (Å²) in [5.74, 6) is 0.865. The maximum Gasteiger partial charge on any atom is 0.417 e. The van der Waals surface area contributed by atoms with E-state index in [9.17, 15) is 13.2 Å². The highest BCUT2D eigenvalue weighted by atomic mass is 35.5. The molecule has 222 valence electrons. The Bertz CT molecular complexity index is 1420. The fourth-order valence-electron chi connectivity index (χ4n) is 5.07. The van der Waals surface area contributed by atoms with Crippen LogP contribution >= 0.6 is 11.6 Å². The molecule has 9 heteroatoms. The normalized spacial score (nSPS) is 12.3. The number of pyridine rings is 1. The largest absolute Gasteiger partial charge is 0.491 e. The van der Waals surface area contributed by atoms with Crippen molar-refractivity contribution in [2.45, 2.75) is 51.8 Å². The van der Waals surface area contributed by atoms with E-state index in [4.69, 9.17) is 25.5 Å². The molecule has 42 heavy (non-hydrogen) atoms. The predicted octanol–water partition coefficient (Wildman–Crippen LogP) is 8.45. The molecule has 0 bridgehead atoms. The van der Waals surface area contributed by atoms with Crippen molar-refractivity contribution in [3.63, 3.8) is 0 Å². The van der Waals surface area contributed by atoms with E-state index in [0.717, 1.165) is 18.1 Å². The summed E-state index contributed by atoms with van der Waals surface area (Å²) in [4.78, 5) is 3.82. The van der Waals surface area contributed by atoms with E-state index < -0.39 is 20.1 Å². The van der Waals surface area contributed by atoms with Gasteiger partial charge in [-0.05, 0) is 39.5 Å². The average Bonchev–Trinajstić information content (AvgIpc) is 2.95. The van der Waals surface area contributed by atoms with Gasteiger partial charge in [-0.25, -0.2) is 4.98 Å². The van der Waals surface area contributed by atoms with Crippen LogP contribution in [-0.2, 0) is 17.0 Å². The van der Waals surface area contributed by atoms with Gasteiger partial charge in [0.2, 0.25) is 5.88 Å². The van der Waals surface area contributed by atoms with Crippen molar-refractivity contribution in [1.82, 2.24) is 4.98 Å². The Morgan fingerprint density at radius 1 is 0.833 bits per heavy atom. The van der Waals surface area contributed by atoms with E-state index in [1.165, 1.54) is 10.4 Å². The van der Waals surface area contributed by atoms with E-state index >= 15 is 0 Å². The van der Waals surface area contributed by atoms with Crippen LogP contribution in [0.15, 0.2) is 91.1 Å². The highest BCUT2D eigenvalue weighted by molar-refractivity contribution is 6.99. The van der Waals surface area contributed by atoms with Crippen LogP contribution in [0.25, 0.3) is 0 Å². The van der Waals surface area contributed by atoms with Crippen LogP contribution in [0.3, 0.4) is 0 Å². The number of halogens is 4. The number of hydrogen-bond acceptors (Lipinski definition) is 4. The number of alkyl halides is 3. The van der Waals surface area contributed by atoms with Crippen molar-refractivity contribution in [3.05, 3.63) is 107 Å². The topological polar surface area (TPSA) is 40.6 Å². The molecule has 0 fully saturated rings. The second-order valence-electron chi connectivity index (χ2n) is 11.0. The third-order valence-electron chi connectivity index (χ3n) is 6.99. The number of nitrogens with zero attached hydrogens (tertiary/aromatic N) is 1. The zero-order chi connectivity index (χ0) is 30.4. The van der Waals surface area contributed by atoms with Crippen molar-refractivity contribution in [2.75, 3.05) is 13.2 Å². The van der Waals surface area contributed by atoms with Gasteiger partial charge in [0.05, 0.1) is 12.2 Å². The summed E-state index contributed by atoms with van der Waals surface area (Å²) >= 11 is 6.11. The first-order valence-electron chi connectivity index (χ1n) is 13.9. The summed E-state index contributed by atoms with van der Waals surface area (Å²) < 4.78 is 58.1. The van der Waals surface area contributed by atoms with Crippen LogP contribution in [0.2, 0.25) is 10.1 Å². The number of rotatable bonds is 11. The second-order valence-corrected chi connectivity index (χ2v) is 15.7. The fourth-order valence-corrected chi connectivity index (χ4v) is 9.82. The molecule has 1 heterocycles. The third-order valence-corrected chi connectivity index (χ3v) is 12.3. The lowest BCUT2D eigenvalue weighted by molar-refractivity contribution is -0.137. The molecule has 0 saturated heterocycles. The van der Waals surface area contributed by atoms with Crippen molar-refractivity contribution < 1.29 is 27.1 Å². The number of hydrogen-bond donors (Lipinski definition) is 0. The third kappa shape index (κ3) is 7.17. The van der Waals surface area contributed by atoms with Crippen molar-refractivity contribution >= 4 is 30.3 Å². The number of aromatic nitrogens is 1. The molecule has 0 atom stereocenters. The van der Waals surface area contributed by atoms with Crippen LogP contribution < -0.4 is 19.8 Å². The Labute approximate surface area is 251 Å². The summed E-state index contributed by atoms with van der Waals surface area (Å²) in [7, 11) is -2.70. The second kappa shape index (κ2) is 13.3. The summed E-state index contributed by atoms with van der Waals surface area (Å²) in [5.41, 5.74) is -0.0715. The van der Waals surface area contributed by atoms with E-state index in [1.807, 2.05) is 55.5 Å². The Kier molecular flexibility index (Phi) is 10.0. The standard InChI is InChI=1S/C33H35ClF3NO3Si/c1-5-12-24-17-18-26(22-30(24)41-31-29(34)21-25(23-38-31)33(35,36)37)39-19-20-40-42(32(2,3)4,27-13-8-6-9-14-27)28-15-10-7-11-16-28/h6-11,13-18,21-23H,5,12,19-20H2,1-4H3. The Hall–Kier alpha value is -3.33. The van der Waals surface area contributed by atoms with Gasteiger partial charge in [0.1, 0.15) is 23.1 Å². The van der Waals surface area contributed by atoms with Crippen LogP contribution in [0.4, 0.5) is 13.2 Å². The lowest BCUT2D eigenvalue weighted by Gasteiger charge is -2.43. The molecule has 0 saturated carbocycles. The molecule has 0 amide bonds. The molecule has 1 aromatic heterocycles. The van der Waals surface area contributed by atoms with Crippen molar-refractivity contribution in [1.29, 1.82) is 0 Å². The zero-order valence-electron chi connectivity index (χ0n) is 24.2. The van der Waals surface area contributed by atoms with Crippen LogP contribution in [-0.4, -0.2) is 26.5 Å². The molecule has 0 unspecified atom stereocenters. The highest BCUT2D eigenvalue weighted by Crippen LogP contribution is 2.38. The first kappa shape index (κ1) is 31.6. The van der Waals surface area contributed by atoms with Gasteiger partial charge in [-0.1, -0.05) is 112 Å². The molecule has 0 aliphatic carbocycles. The molecule has 3 aromatic carbocycles. The van der Waals surface area contributed by atoms with Crippen LogP contribution in [0.5, 0.6) is 17.4 Å². The van der Waals surface area contributed by atoms with Crippen LogP contribution in [0.1, 0.15) is 45.2 Å². The molecule has 0 aliphatic rings. The maximum absolute atomic E-state index is 13.1. The van der Waals surface area contributed by atoms with E-state index in [0.29, 0.717) is 30.7 Å².